The van der Waals surface area contributed by atoms with Gasteiger partial charge in [0.05, 0.1) is 38.5 Å². The molecule has 4 aromatic rings. The lowest BCUT2D eigenvalue weighted by Gasteiger charge is -2.25. The van der Waals surface area contributed by atoms with Gasteiger partial charge < -0.3 is 14.2 Å². The molecule has 0 saturated heterocycles. The molecule has 3 heterocycles. The van der Waals surface area contributed by atoms with Crippen molar-refractivity contribution in [2.24, 2.45) is 4.99 Å². The van der Waals surface area contributed by atoms with Gasteiger partial charge in [0, 0.05) is 36.9 Å². The second-order valence-corrected chi connectivity index (χ2v) is 11.9. The van der Waals surface area contributed by atoms with Crippen LogP contribution < -0.4 is 19.8 Å². The number of halogens is 2. The SMILES string of the molecule is CCOC(=O)C1=C(C)N=c2s/c(=C\c3cc(C)n(-c4ccc(Cl)c(Cl)c4)c3C)c(=O)n2[C@H]1c1ccc(N(C)C)cc1. The second-order valence-electron chi connectivity index (χ2n) is 10.0. The summed E-state index contributed by atoms with van der Waals surface area (Å²) < 4.78 is 9.61. The molecule has 0 amide bonds. The van der Waals surface area contributed by atoms with Crippen molar-refractivity contribution in [2.45, 2.75) is 33.7 Å². The molecule has 212 valence electrons. The minimum atomic E-state index is -0.660. The molecule has 0 fully saturated rings. The number of carbonyl (C=O) groups excluding carboxylic acids is 1. The van der Waals surface area contributed by atoms with Crippen LogP contribution >= 0.6 is 34.5 Å². The summed E-state index contributed by atoms with van der Waals surface area (Å²) in [6, 6.07) is 14.7. The average molecular weight is 610 g/mol. The predicted molar refractivity (Wildman–Crippen MR) is 166 cm³/mol. The maximum atomic E-state index is 14.0. The number of anilines is 1. The quantitative estimate of drug-likeness (QED) is 0.268. The van der Waals surface area contributed by atoms with Gasteiger partial charge >= 0.3 is 5.97 Å². The van der Waals surface area contributed by atoms with Gasteiger partial charge in [0.15, 0.2) is 4.80 Å². The van der Waals surface area contributed by atoms with Crippen LogP contribution in [0.4, 0.5) is 5.69 Å². The lowest BCUT2D eigenvalue weighted by Crippen LogP contribution is -2.40. The molecule has 1 aliphatic rings. The van der Waals surface area contributed by atoms with Gasteiger partial charge in [0.25, 0.3) is 5.56 Å². The molecule has 0 spiro atoms. The molecule has 0 radical (unpaired) electrons. The van der Waals surface area contributed by atoms with Gasteiger partial charge in [0.1, 0.15) is 0 Å². The Kier molecular flexibility index (Phi) is 8.01. The molecule has 1 atom stereocenters. The smallest absolute Gasteiger partial charge is 0.338 e. The molecule has 0 aliphatic carbocycles. The van der Waals surface area contributed by atoms with Crippen LogP contribution in [0.25, 0.3) is 11.8 Å². The van der Waals surface area contributed by atoms with E-state index in [1.165, 1.54) is 11.3 Å². The van der Waals surface area contributed by atoms with Crippen molar-refractivity contribution >= 4 is 52.3 Å². The third kappa shape index (κ3) is 5.27. The van der Waals surface area contributed by atoms with Gasteiger partial charge in [0.2, 0.25) is 0 Å². The van der Waals surface area contributed by atoms with Crippen molar-refractivity contribution in [1.29, 1.82) is 0 Å². The van der Waals surface area contributed by atoms with Crippen molar-refractivity contribution in [2.75, 3.05) is 25.6 Å². The summed E-state index contributed by atoms with van der Waals surface area (Å²) in [7, 11) is 3.93. The fraction of sp³-hybridized carbons (Fsp3) is 0.258. The summed E-state index contributed by atoms with van der Waals surface area (Å²) >= 11 is 13.7. The molecule has 0 saturated carbocycles. The summed E-state index contributed by atoms with van der Waals surface area (Å²) in [6.45, 7) is 7.77. The van der Waals surface area contributed by atoms with Crippen LogP contribution in [0.15, 0.2) is 69.6 Å². The van der Waals surface area contributed by atoms with Crippen LogP contribution in [-0.4, -0.2) is 35.8 Å². The zero-order chi connectivity index (χ0) is 29.6. The zero-order valence-electron chi connectivity index (χ0n) is 23.7. The summed E-state index contributed by atoms with van der Waals surface area (Å²) in [6.07, 6.45) is 1.88. The molecule has 7 nitrogen and oxygen atoms in total. The van der Waals surface area contributed by atoms with Crippen molar-refractivity contribution in [1.82, 2.24) is 9.13 Å². The molecular formula is C31H30Cl2N4O3S. The number of hydrogen-bond acceptors (Lipinski definition) is 6. The number of benzene rings is 2. The Hall–Kier alpha value is -3.59. The molecule has 10 heteroatoms. The largest absolute Gasteiger partial charge is 0.463 e. The standard InChI is InChI=1S/C31H30Cl2N4O3S/c1-7-40-30(39)27-18(3)34-31-37(28(27)20-8-10-22(11-9-20)35(5)6)29(38)26(41-31)15-21-14-17(2)36(19(21)4)23-12-13-24(32)25(33)16-23/h8-16,28H,7H2,1-6H3/b26-15-/t28-/m0/s1. The Morgan fingerprint density at radius 3 is 2.41 bits per heavy atom. The Morgan fingerprint density at radius 1 is 1.07 bits per heavy atom. The highest BCUT2D eigenvalue weighted by molar-refractivity contribution is 7.07. The van der Waals surface area contributed by atoms with Gasteiger partial charge in [-0.05, 0) is 81.3 Å². The van der Waals surface area contributed by atoms with Crippen molar-refractivity contribution < 1.29 is 9.53 Å². The number of aryl methyl sites for hydroxylation is 1. The van der Waals surface area contributed by atoms with Crippen LogP contribution in [0.3, 0.4) is 0 Å². The highest BCUT2D eigenvalue weighted by atomic mass is 35.5. The Labute approximate surface area is 252 Å². The van der Waals surface area contributed by atoms with Gasteiger partial charge in [-0.3, -0.25) is 9.36 Å². The minimum absolute atomic E-state index is 0.218. The van der Waals surface area contributed by atoms with E-state index in [1.807, 2.05) is 81.4 Å². The Bertz CT molecular complexity index is 1880. The lowest BCUT2D eigenvalue weighted by molar-refractivity contribution is -0.139. The van der Waals surface area contributed by atoms with E-state index in [1.54, 1.807) is 24.5 Å². The minimum Gasteiger partial charge on any atom is -0.463 e. The van der Waals surface area contributed by atoms with Crippen molar-refractivity contribution in [3.8, 4) is 5.69 Å². The van der Waals surface area contributed by atoms with E-state index in [9.17, 15) is 9.59 Å². The van der Waals surface area contributed by atoms with Crippen LogP contribution in [-0.2, 0) is 9.53 Å². The number of hydrogen-bond donors (Lipinski definition) is 0. The molecule has 2 aromatic heterocycles. The third-order valence-electron chi connectivity index (χ3n) is 7.16. The van der Waals surface area contributed by atoms with E-state index in [0.717, 1.165) is 33.9 Å². The first-order chi connectivity index (χ1) is 19.5. The maximum absolute atomic E-state index is 14.0. The van der Waals surface area contributed by atoms with E-state index in [0.29, 0.717) is 30.6 Å². The van der Waals surface area contributed by atoms with E-state index >= 15 is 0 Å². The van der Waals surface area contributed by atoms with E-state index in [4.69, 9.17) is 27.9 Å². The van der Waals surface area contributed by atoms with Gasteiger partial charge in [-0.1, -0.05) is 46.7 Å². The predicted octanol–water partition coefficient (Wildman–Crippen LogP) is 5.58. The first-order valence-electron chi connectivity index (χ1n) is 13.1. The monoisotopic (exact) mass is 608 g/mol. The number of fused-ring (bicyclic) bond motifs is 1. The van der Waals surface area contributed by atoms with E-state index < -0.39 is 12.0 Å². The molecule has 41 heavy (non-hydrogen) atoms. The first-order valence-corrected chi connectivity index (χ1v) is 14.7. The topological polar surface area (TPSA) is 68.8 Å². The highest BCUT2D eigenvalue weighted by Gasteiger charge is 2.33. The number of carbonyl (C=O) groups is 1. The summed E-state index contributed by atoms with van der Waals surface area (Å²) in [5.41, 5.74) is 6.21. The van der Waals surface area contributed by atoms with E-state index in [-0.39, 0.29) is 12.2 Å². The number of nitrogens with zero attached hydrogens (tertiary/aromatic N) is 4. The maximum Gasteiger partial charge on any atom is 0.338 e. The lowest BCUT2D eigenvalue weighted by atomic mass is 9.95. The second kappa shape index (κ2) is 11.4. The number of esters is 1. The van der Waals surface area contributed by atoms with Crippen molar-refractivity contribution in [3.63, 3.8) is 0 Å². The number of aromatic nitrogens is 2. The van der Waals surface area contributed by atoms with Crippen molar-refractivity contribution in [3.05, 3.63) is 112 Å². The molecule has 1 aliphatic heterocycles. The molecular weight excluding hydrogens is 579 g/mol. The number of thiazole rings is 1. The fourth-order valence-electron chi connectivity index (χ4n) is 5.16. The van der Waals surface area contributed by atoms with Gasteiger partial charge in [-0.2, -0.15) is 0 Å². The zero-order valence-corrected chi connectivity index (χ0v) is 26.0. The van der Waals surface area contributed by atoms with Crippen LogP contribution in [0.1, 0.15) is 42.4 Å². The molecule has 5 rings (SSSR count). The molecule has 2 aromatic carbocycles. The van der Waals surface area contributed by atoms with Crippen LogP contribution in [0.2, 0.25) is 10.0 Å². The third-order valence-corrected chi connectivity index (χ3v) is 8.88. The highest BCUT2D eigenvalue weighted by Crippen LogP contribution is 2.32. The first kappa shape index (κ1) is 28.9. The molecule has 0 N–H and O–H groups in total. The number of rotatable bonds is 6. The molecule has 0 bridgehead atoms. The number of ether oxygens (including phenoxy) is 1. The Balaban J connectivity index is 1.68. The number of allylic oxidation sites excluding steroid dienone is 1. The normalized spacial score (nSPS) is 15.1. The average Bonchev–Trinajstić information content (AvgIpc) is 3.38. The van der Waals surface area contributed by atoms with Gasteiger partial charge in [-0.25, -0.2) is 9.79 Å². The Morgan fingerprint density at radius 2 is 1.78 bits per heavy atom. The summed E-state index contributed by atoms with van der Waals surface area (Å²) in [5.74, 6) is -0.477. The van der Waals surface area contributed by atoms with Crippen LogP contribution in [0, 0.1) is 13.8 Å². The van der Waals surface area contributed by atoms with Crippen LogP contribution in [0.5, 0.6) is 0 Å². The van der Waals surface area contributed by atoms with Gasteiger partial charge in [-0.15, -0.1) is 0 Å². The fourth-order valence-corrected chi connectivity index (χ4v) is 6.49. The molecule has 0 unspecified atom stereocenters. The summed E-state index contributed by atoms with van der Waals surface area (Å²) in [5, 5.41) is 0.959. The summed E-state index contributed by atoms with van der Waals surface area (Å²) in [4.78, 5) is 34.4. The van der Waals surface area contributed by atoms with E-state index in [2.05, 4.69) is 9.56 Å².